The molecule has 2 aromatic heterocycles. The predicted octanol–water partition coefficient (Wildman–Crippen LogP) is 19.8. The van der Waals surface area contributed by atoms with Crippen LogP contribution in [0.1, 0.15) is 104 Å². The first kappa shape index (κ1) is 47.8. The fraction of sp³-hybridized carbons (Fsp3) is 0.189. The molecule has 1 fully saturated rings. The fourth-order valence-electron chi connectivity index (χ4n) is 11.5. The van der Waals surface area contributed by atoms with E-state index in [4.69, 9.17) is 9.97 Å². The number of para-hydroxylation sites is 2. The minimum absolute atomic E-state index is 0.107. The van der Waals surface area contributed by atoms with Gasteiger partial charge in [-0.15, -0.1) is 0 Å². The molecular weight excluding hydrogens is 947 g/mol. The van der Waals surface area contributed by atoms with Crippen LogP contribution in [-0.2, 0) is 10.8 Å². The molecule has 0 aliphatic heterocycles. The van der Waals surface area contributed by atoms with Crippen molar-refractivity contribution in [2.24, 2.45) is 0 Å². The van der Waals surface area contributed by atoms with Crippen LogP contribution in [-0.4, -0.2) is 19.6 Å². The Kier molecular flexibility index (Phi) is 12.7. The van der Waals surface area contributed by atoms with Gasteiger partial charge in [0.1, 0.15) is 11.6 Å². The van der Waals surface area contributed by atoms with Gasteiger partial charge < -0.3 is 5.11 Å². The third-order valence-corrected chi connectivity index (χ3v) is 15.9. The summed E-state index contributed by atoms with van der Waals surface area (Å²) in [5.74, 6) is -0.593. The molecule has 12 rings (SSSR count). The topological polar surface area (TPSA) is 50.9 Å². The van der Waals surface area contributed by atoms with E-state index < -0.39 is 11.8 Å². The molecule has 0 amide bonds. The molecule has 384 valence electrons. The summed E-state index contributed by atoms with van der Waals surface area (Å²) in [5.41, 5.74) is 19.3. The van der Waals surface area contributed by atoms with Gasteiger partial charge in [-0.3, -0.25) is 9.55 Å². The molecule has 1 saturated carbocycles. The normalized spacial score (nSPS) is 17.2. The van der Waals surface area contributed by atoms with E-state index >= 15 is 0 Å². The highest BCUT2D eigenvalue weighted by molar-refractivity contribution is 5.99. The number of nitrogens with zero attached hydrogens (tertiary/aromatic N) is 3. The molecule has 1 N–H and O–H groups in total. The number of hydrogen-bond donors (Lipinski definition) is 1. The molecule has 9 aromatic carbocycles. The minimum atomic E-state index is -0.731. The van der Waals surface area contributed by atoms with Gasteiger partial charge in [0.2, 0.25) is 0 Å². The first-order valence-electron chi connectivity index (χ1n) is 28.5. The van der Waals surface area contributed by atoms with Crippen LogP contribution < -0.4 is 0 Å². The van der Waals surface area contributed by atoms with Crippen molar-refractivity contribution in [3.63, 3.8) is 0 Å². The van der Waals surface area contributed by atoms with Crippen LogP contribution in [0.25, 0.3) is 95.0 Å². The maximum atomic E-state index is 12.8. The maximum Gasteiger partial charge on any atom is 0.149 e. The number of benzene rings is 9. The molecule has 0 spiro atoms. The van der Waals surface area contributed by atoms with E-state index in [1.807, 2.05) is 72.9 Å². The van der Waals surface area contributed by atoms with E-state index in [1.54, 1.807) is 0 Å². The molecular formula is C74H67N3O. The van der Waals surface area contributed by atoms with Crippen molar-refractivity contribution in [2.75, 3.05) is 0 Å². The third-order valence-electron chi connectivity index (χ3n) is 15.9. The number of aromatic nitrogens is 3. The van der Waals surface area contributed by atoms with Crippen molar-refractivity contribution in [1.82, 2.24) is 14.5 Å². The van der Waals surface area contributed by atoms with Crippen LogP contribution in [0, 0.1) is 0 Å². The Morgan fingerprint density at radius 3 is 1.64 bits per heavy atom. The summed E-state index contributed by atoms with van der Waals surface area (Å²) in [5, 5.41) is 12.8. The van der Waals surface area contributed by atoms with Crippen LogP contribution in [0.3, 0.4) is 0 Å². The van der Waals surface area contributed by atoms with E-state index in [-0.39, 0.29) is 16.6 Å². The number of hydrogen-bond acceptors (Lipinski definition) is 3. The Morgan fingerprint density at radius 1 is 0.423 bits per heavy atom. The molecule has 0 bridgehead atoms. The Labute approximate surface area is 463 Å². The van der Waals surface area contributed by atoms with Crippen LogP contribution >= 0.6 is 0 Å². The van der Waals surface area contributed by atoms with E-state index in [1.165, 1.54) is 11.1 Å². The smallest absolute Gasteiger partial charge is 0.149 e. The summed E-state index contributed by atoms with van der Waals surface area (Å²) in [4.78, 5) is 10.7. The predicted molar refractivity (Wildman–Crippen MR) is 326 cm³/mol. The Morgan fingerprint density at radius 2 is 0.974 bits per heavy atom. The highest BCUT2D eigenvalue weighted by Crippen LogP contribution is 2.47. The zero-order valence-corrected chi connectivity index (χ0v) is 45.6. The van der Waals surface area contributed by atoms with Crippen molar-refractivity contribution >= 4 is 11.0 Å². The number of imidazole rings is 1. The standard InChI is InChI=1S/C74H67N3O/c1-73(2,3)59-40-41-68(66(48-59)55-24-14-9-15-25-55)77-69-31-19-28-62(70(69)76-72(77)65-30-18-29-64(71(65)78)63-27-17-16-26-61(63)54-22-12-8-13-23-54)57-44-58(46-60(45-57)74(4,5)6)67-47-56(42-43-75-67)53-38-36-52(37-39-53)51-34-32-50(33-35-51)49-20-10-7-11-21-49/h7-31,36-48,50-51,78H,32-35H2,1-6H3/i50D,51D. The molecule has 2 heterocycles. The highest BCUT2D eigenvalue weighted by atomic mass is 16.3. The number of phenolic OH excluding ortho intramolecular Hbond substituents is 1. The average Bonchev–Trinajstić information content (AvgIpc) is 3.94. The van der Waals surface area contributed by atoms with Crippen molar-refractivity contribution in [1.29, 1.82) is 0 Å². The van der Waals surface area contributed by atoms with Crippen molar-refractivity contribution in [2.45, 2.75) is 89.8 Å². The summed E-state index contributed by atoms with van der Waals surface area (Å²) in [6.07, 6.45) is 4.50. The van der Waals surface area contributed by atoms with Crippen LogP contribution in [0.15, 0.2) is 231 Å². The van der Waals surface area contributed by atoms with Gasteiger partial charge in [-0.2, -0.15) is 0 Å². The van der Waals surface area contributed by atoms with Crippen LogP contribution in [0.2, 0.25) is 0 Å². The van der Waals surface area contributed by atoms with Gasteiger partial charge in [0, 0.05) is 31.2 Å². The SMILES string of the molecule is [2H]C1(c2ccccc2)CCC([2H])(c2ccc(-c3ccnc(-c4cc(-c5cccc6c5nc(-c5cccc(-c7ccccc7-c7ccccc7)c5O)n6-c5ccc(C(C)(C)C)cc5-c5ccccc5)cc(C(C)(C)C)c4)c3)cc2)CC1. The third kappa shape index (κ3) is 9.88. The van der Waals surface area contributed by atoms with Crippen LogP contribution in [0.4, 0.5) is 0 Å². The zero-order chi connectivity index (χ0) is 55.4. The van der Waals surface area contributed by atoms with Crippen LogP contribution in [0.5, 0.6) is 5.75 Å². The quantitative estimate of drug-likeness (QED) is 0.149. The minimum Gasteiger partial charge on any atom is -0.507 e. The lowest BCUT2D eigenvalue weighted by molar-refractivity contribution is 0.396. The zero-order valence-electron chi connectivity index (χ0n) is 47.6. The van der Waals surface area contributed by atoms with Gasteiger partial charge in [-0.25, -0.2) is 4.98 Å². The van der Waals surface area contributed by atoms with Gasteiger partial charge >= 0.3 is 0 Å². The molecule has 4 heteroatoms. The van der Waals surface area contributed by atoms with E-state index in [2.05, 4.69) is 204 Å². The molecule has 1 aliphatic rings. The summed E-state index contributed by atoms with van der Waals surface area (Å²) in [6.45, 7) is 13.5. The molecule has 1 aliphatic carbocycles. The second kappa shape index (κ2) is 20.7. The number of fused-ring (bicyclic) bond motifs is 1. The lowest BCUT2D eigenvalue weighted by Gasteiger charge is -2.29. The molecule has 78 heavy (non-hydrogen) atoms. The first-order chi connectivity index (χ1) is 38.5. The molecule has 4 nitrogen and oxygen atoms in total. The fourth-order valence-corrected chi connectivity index (χ4v) is 11.5. The number of pyridine rings is 1. The summed E-state index contributed by atoms with van der Waals surface area (Å²) >= 11 is 0. The van der Waals surface area contributed by atoms with Gasteiger partial charge in [0.15, 0.2) is 0 Å². The van der Waals surface area contributed by atoms with Crippen molar-refractivity contribution in [3.8, 4) is 89.7 Å². The van der Waals surface area contributed by atoms with Gasteiger partial charge in [0.05, 0.1) is 28.0 Å². The maximum absolute atomic E-state index is 12.8. The van der Waals surface area contributed by atoms with E-state index in [0.717, 1.165) is 94.7 Å². The van der Waals surface area contributed by atoms with Gasteiger partial charge in [-0.05, 0) is 158 Å². The Hall–Kier alpha value is -8.60. The molecule has 11 aromatic rings. The summed E-state index contributed by atoms with van der Waals surface area (Å²) < 4.78 is 21.1. The number of rotatable bonds is 10. The van der Waals surface area contributed by atoms with Crippen molar-refractivity contribution < 1.29 is 7.85 Å². The summed E-state index contributed by atoms with van der Waals surface area (Å²) in [7, 11) is 0. The number of phenols is 1. The first-order valence-corrected chi connectivity index (χ1v) is 27.5. The molecule has 0 radical (unpaired) electrons. The second-order valence-corrected chi connectivity index (χ2v) is 23.0. The molecule has 0 saturated heterocycles. The lowest BCUT2D eigenvalue weighted by atomic mass is 9.76. The van der Waals surface area contributed by atoms with E-state index in [9.17, 15) is 7.85 Å². The second-order valence-electron chi connectivity index (χ2n) is 23.0. The average molecular weight is 1020 g/mol. The van der Waals surface area contributed by atoms with Gasteiger partial charge in [0.25, 0.3) is 0 Å². The molecule has 0 unspecified atom stereocenters. The number of aromatic hydroxyl groups is 1. The largest absolute Gasteiger partial charge is 0.507 e. The van der Waals surface area contributed by atoms with Crippen molar-refractivity contribution in [3.05, 3.63) is 253 Å². The van der Waals surface area contributed by atoms with Gasteiger partial charge in [-0.1, -0.05) is 217 Å². The lowest BCUT2D eigenvalue weighted by Crippen LogP contribution is -2.12. The molecule has 0 atom stereocenters. The monoisotopic (exact) mass is 1020 g/mol. The Bertz CT molecular complexity index is 4050. The highest BCUT2D eigenvalue weighted by Gasteiger charge is 2.27. The summed E-state index contributed by atoms with van der Waals surface area (Å²) in [6, 6.07) is 78.2. The Balaban J connectivity index is 0.987. The van der Waals surface area contributed by atoms with E-state index in [0.29, 0.717) is 37.1 Å².